The van der Waals surface area contributed by atoms with Gasteiger partial charge in [-0.2, -0.15) is 0 Å². The molecule has 0 aliphatic rings. The molecule has 0 amide bonds. The highest BCUT2D eigenvalue weighted by molar-refractivity contribution is 5.50. The van der Waals surface area contributed by atoms with Crippen LogP contribution in [0.1, 0.15) is 52.4 Å². The van der Waals surface area contributed by atoms with E-state index in [0.29, 0.717) is 12.3 Å². The topological polar surface area (TPSA) is 17.1 Å². The monoisotopic (exact) mass is 181 g/mol. The molecular formula is C12H21O. The fourth-order valence-corrected chi connectivity index (χ4v) is 1.23. The molecule has 1 heteroatoms. The third-order valence-electron chi connectivity index (χ3n) is 2.12. The van der Waals surface area contributed by atoms with Crippen LogP contribution in [-0.2, 0) is 4.79 Å². The molecule has 0 rings (SSSR count). The molecule has 0 spiro atoms. The molecule has 1 atom stereocenters. The first kappa shape index (κ1) is 12.4. The van der Waals surface area contributed by atoms with E-state index in [-0.39, 0.29) is 0 Å². The fourth-order valence-electron chi connectivity index (χ4n) is 1.23. The SMILES string of the molecule is CCCC=CCCCC(C)C[C]=O. The number of carbonyl (C=O) groups excluding carboxylic acids is 1. The molecule has 0 fully saturated rings. The standard InChI is InChI=1S/C12H21O/c1-3-4-5-6-7-8-9-12(2)10-11-13/h5-6,12H,3-4,7-10H2,1-2H3. The average molecular weight is 181 g/mol. The maximum absolute atomic E-state index is 10.1. The molecule has 0 N–H and O–H groups in total. The van der Waals surface area contributed by atoms with Gasteiger partial charge in [-0.3, -0.25) is 4.79 Å². The van der Waals surface area contributed by atoms with Gasteiger partial charge in [0.05, 0.1) is 0 Å². The Kier molecular flexibility index (Phi) is 9.07. The highest BCUT2D eigenvalue weighted by Crippen LogP contribution is 2.10. The van der Waals surface area contributed by atoms with E-state index in [1.165, 1.54) is 19.3 Å². The predicted molar refractivity (Wildman–Crippen MR) is 57.4 cm³/mol. The van der Waals surface area contributed by atoms with Gasteiger partial charge in [0.2, 0.25) is 0 Å². The van der Waals surface area contributed by atoms with Gasteiger partial charge in [-0.25, -0.2) is 0 Å². The van der Waals surface area contributed by atoms with E-state index in [2.05, 4.69) is 26.0 Å². The van der Waals surface area contributed by atoms with Crippen LogP contribution in [0.5, 0.6) is 0 Å². The summed E-state index contributed by atoms with van der Waals surface area (Å²) in [4.78, 5) is 10.1. The number of unbranched alkanes of at least 4 members (excludes halogenated alkanes) is 2. The van der Waals surface area contributed by atoms with Crippen LogP contribution in [-0.4, -0.2) is 6.29 Å². The summed E-state index contributed by atoms with van der Waals surface area (Å²) in [6.45, 7) is 4.30. The van der Waals surface area contributed by atoms with Crippen LogP contribution in [0, 0.1) is 5.92 Å². The van der Waals surface area contributed by atoms with Crippen molar-refractivity contribution in [2.24, 2.45) is 5.92 Å². The molecule has 0 aromatic heterocycles. The zero-order chi connectivity index (χ0) is 9.94. The second-order valence-electron chi connectivity index (χ2n) is 3.64. The lowest BCUT2D eigenvalue weighted by molar-refractivity contribution is 0.494. The minimum atomic E-state index is 0.511. The molecule has 0 heterocycles. The summed E-state index contributed by atoms with van der Waals surface area (Å²) in [5, 5.41) is 0. The van der Waals surface area contributed by atoms with Crippen LogP contribution in [0.3, 0.4) is 0 Å². The molecule has 1 radical (unpaired) electrons. The van der Waals surface area contributed by atoms with Crippen LogP contribution in [0.2, 0.25) is 0 Å². The van der Waals surface area contributed by atoms with Crippen LogP contribution in [0.15, 0.2) is 12.2 Å². The Morgan fingerprint density at radius 3 is 2.62 bits per heavy atom. The van der Waals surface area contributed by atoms with Crippen LogP contribution in [0.25, 0.3) is 0 Å². The van der Waals surface area contributed by atoms with E-state index in [1.54, 1.807) is 0 Å². The zero-order valence-electron chi connectivity index (χ0n) is 8.88. The van der Waals surface area contributed by atoms with E-state index >= 15 is 0 Å². The van der Waals surface area contributed by atoms with Crippen LogP contribution in [0.4, 0.5) is 0 Å². The summed E-state index contributed by atoms with van der Waals surface area (Å²) in [6, 6.07) is 0. The van der Waals surface area contributed by atoms with Crippen LogP contribution >= 0.6 is 0 Å². The van der Waals surface area contributed by atoms with Gasteiger partial charge in [-0.15, -0.1) is 0 Å². The summed E-state index contributed by atoms with van der Waals surface area (Å²) in [5.41, 5.74) is 0. The molecule has 0 aliphatic heterocycles. The Morgan fingerprint density at radius 1 is 1.31 bits per heavy atom. The lowest BCUT2D eigenvalue weighted by Crippen LogP contribution is -1.94. The first-order valence-corrected chi connectivity index (χ1v) is 5.31. The van der Waals surface area contributed by atoms with E-state index in [1.807, 2.05) is 6.29 Å². The molecule has 0 aliphatic carbocycles. The minimum absolute atomic E-state index is 0.511. The Bertz CT molecular complexity index is 138. The molecule has 0 bridgehead atoms. The van der Waals surface area contributed by atoms with Gasteiger partial charge >= 0.3 is 0 Å². The lowest BCUT2D eigenvalue weighted by atomic mass is 10.0. The number of rotatable bonds is 8. The highest BCUT2D eigenvalue weighted by atomic mass is 16.1. The van der Waals surface area contributed by atoms with Gasteiger partial charge in [0.15, 0.2) is 6.29 Å². The maximum atomic E-state index is 10.1. The van der Waals surface area contributed by atoms with Crippen molar-refractivity contribution in [1.29, 1.82) is 0 Å². The first-order chi connectivity index (χ1) is 6.31. The molecule has 1 unspecified atom stereocenters. The van der Waals surface area contributed by atoms with Crippen molar-refractivity contribution in [3.63, 3.8) is 0 Å². The van der Waals surface area contributed by atoms with Gasteiger partial charge in [0.25, 0.3) is 0 Å². The second kappa shape index (κ2) is 9.50. The number of hydrogen-bond acceptors (Lipinski definition) is 1. The second-order valence-corrected chi connectivity index (χ2v) is 3.64. The van der Waals surface area contributed by atoms with Gasteiger partial charge in [-0.05, 0) is 31.6 Å². The highest BCUT2D eigenvalue weighted by Gasteiger charge is 1.99. The van der Waals surface area contributed by atoms with E-state index in [0.717, 1.165) is 12.8 Å². The zero-order valence-corrected chi connectivity index (χ0v) is 8.88. The largest absolute Gasteiger partial charge is 0.291 e. The maximum Gasteiger partial charge on any atom is 0.198 e. The van der Waals surface area contributed by atoms with Crippen molar-refractivity contribution < 1.29 is 4.79 Å². The van der Waals surface area contributed by atoms with Gasteiger partial charge in [0.1, 0.15) is 0 Å². The Balaban J connectivity index is 3.19. The van der Waals surface area contributed by atoms with Crippen molar-refractivity contribution in [3.05, 3.63) is 12.2 Å². The first-order valence-electron chi connectivity index (χ1n) is 5.31. The Labute approximate surface area is 82.2 Å². The van der Waals surface area contributed by atoms with Gasteiger partial charge in [-0.1, -0.05) is 32.4 Å². The van der Waals surface area contributed by atoms with Gasteiger partial charge < -0.3 is 0 Å². The summed E-state index contributed by atoms with van der Waals surface area (Å²) >= 11 is 0. The van der Waals surface area contributed by atoms with Crippen molar-refractivity contribution >= 4 is 6.29 Å². The minimum Gasteiger partial charge on any atom is -0.291 e. The van der Waals surface area contributed by atoms with Gasteiger partial charge in [0, 0.05) is 6.42 Å². The van der Waals surface area contributed by atoms with E-state index < -0.39 is 0 Å². The molecular weight excluding hydrogens is 160 g/mol. The molecule has 0 saturated heterocycles. The summed E-state index contributed by atoms with van der Waals surface area (Å²) < 4.78 is 0. The predicted octanol–water partition coefficient (Wildman–Crippen LogP) is 3.65. The fraction of sp³-hybridized carbons (Fsp3) is 0.750. The third-order valence-corrected chi connectivity index (χ3v) is 2.12. The van der Waals surface area contributed by atoms with E-state index in [9.17, 15) is 4.79 Å². The molecule has 13 heavy (non-hydrogen) atoms. The lowest BCUT2D eigenvalue weighted by Gasteiger charge is -2.04. The smallest absolute Gasteiger partial charge is 0.198 e. The Morgan fingerprint density at radius 2 is 2.00 bits per heavy atom. The molecule has 75 valence electrons. The number of hydrogen-bond donors (Lipinski definition) is 0. The normalized spacial score (nSPS) is 13.4. The van der Waals surface area contributed by atoms with Crippen molar-refractivity contribution in [2.75, 3.05) is 0 Å². The third kappa shape index (κ3) is 9.32. The quantitative estimate of drug-likeness (QED) is 0.412. The van der Waals surface area contributed by atoms with Crippen LogP contribution < -0.4 is 0 Å². The summed E-state index contributed by atoms with van der Waals surface area (Å²) in [5.74, 6) is 0.511. The van der Waals surface area contributed by atoms with E-state index in [4.69, 9.17) is 0 Å². The van der Waals surface area contributed by atoms with Crippen molar-refractivity contribution in [1.82, 2.24) is 0 Å². The molecule has 0 saturated carbocycles. The van der Waals surface area contributed by atoms with Crippen molar-refractivity contribution in [2.45, 2.75) is 52.4 Å². The summed E-state index contributed by atoms with van der Waals surface area (Å²) in [6.07, 6.45) is 13.0. The Hall–Kier alpha value is -0.590. The molecule has 0 aromatic rings. The number of allylic oxidation sites excluding steroid dienone is 2. The molecule has 0 aromatic carbocycles. The molecule has 1 nitrogen and oxygen atoms in total. The van der Waals surface area contributed by atoms with Crippen molar-refractivity contribution in [3.8, 4) is 0 Å². The summed E-state index contributed by atoms with van der Waals surface area (Å²) in [7, 11) is 0. The average Bonchev–Trinajstić information content (AvgIpc) is 2.11.